The van der Waals surface area contributed by atoms with Crippen LogP contribution in [0.2, 0.25) is 0 Å². The van der Waals surface area contributed by atoms with E-state index in [0.29, 0.717) is 11.4 Å². The van der Waals surface area contributed by atoms with E-state index >= 15 is 0 Å². The van der Waals surface area contributed by atoms with Gasteiger partial charge in [0.2, 0.25) is 0 Å². The lowest BCUT2D eigenvalue weighted by molar-refractivity contribution is 0.0718. The van der Waals surface area contributed by atoms with E-state index < -0.39 is 15.9 Å². The van der Waals surface area contributed by atoms with Gasteiger partial charge in [-0.05, 0) is 30.7 Å². The Morgan fingerprint density at radius 1 is 1.22 bits per heavy atom. The smallest absolute Gasteiger partial charge is 0.264 e. The van der Waals surface area contributed by atoms with Crippen molar-refractivity contribution in [1.82, 2.24) is 4.90 Å². The van der Waals surface area contributed by atoms with E-state index in [9.17, 15) is 13.2 Å². The highest BCUT2D eigenvalue weighted by Gasteiger charge is 2.31. The minimum Gasteiger partial charge on any atom is -0.326 e. The predicted molar refractivity (Wildman–Crippen MR) is 92.1 cm³/mol. The van der Waals surface area contributed by atoms with Gasteiger partial charge in [0.15, 0.2) is 9.84 Å². The Balaban J connectivity index is 1.90. The number of thiophene rings is 1. The first-order chi connectivity index (χ1) is 10.9. The molecule has 1 aliphatic heterocycles. The number of rotatable bonds is 4. The molecule has 1 atom stereocenters. The monoisotopic (exact) mass is 347 g/mol. The molecule has 2 heterocycles. The van der Waals surface area contributed by atoms with Crippen molar-refractivity contribution in [2.75, 3.05) is 5.75 Å². The van der Waals surface area contributed by atoms with Crippen molar-refractivity contribution in [1.29, 1.82) is 0 Å². The lowest BCUT2D eigenvalue weighted by Crippen LogP contribution is -2.40. The van der Waals surface area contributed by atoms with Crippen LogP contribution in [-0.4, -0.2) is 31.0 Å². The molecule has 4 nitrogen and oxygen atoms in total. The van der Waals surface area contributed by atoms with Crippen LogP contribution < -0.4 is 0 Å². The van der Waals surface area contributed by atoms with Crippen LogP contribution in [0.3, 0.4) is 0 Å². The quantitative estimate of drug-likeness (QED) is 0.854. The molecule has 0 saturated heterocycles. The van der Waals surface area contributed by atoms with Crippen LogP contribution in [0.5, 0.6) is 0 Å². The second kappa shape index (κ2) is 6.29. The first-order valence-corrected chi connectivity index (χ1v) is 9.80. The Hall–Kier alpha value is -1.92. The fourth-order valence-electron chi connectivity index (χ4n) is 2.56. The first kappa shape index (κ1) is 16.0. The minimum absolute atomic E-state index is 0.0457. The topological polar surface area (TPSA) is 54.5 Å². The molecule has 1 unspecified atom stereocenters. The zero-order valence-corrected chi connectivity index (χ0v) is 14.3. The van der Waals surface area contributed by atoms with Crippen molar-refractivity contribution in [3.8, 4) is 0 Å². The van der Waals surface area contributed by atoms with Gasteiger partial charge in [0.25, 0.3) is 5.91 Å². The Labute approximate surface area is 140 Å². The van der Waals surface area contributed by atoms with Gasteiger partial charge < -0.3 is 4.90 Å². The molecular formula is C17H17NO3S2. The van der Waals surface area contributed by atoms with Crippen molar-refractivity contribution in [2.24, 2.45) is 0 Å². The summed E-state index contributed by atoms with van der Waals surface area (Å²) in [6.45, 7) is 2.34. The van der Waals surface area contributed by atoms with Gasteiger partial charge >= 0.3 is 0 Å². The second-order valence-corrected chi connectivity index (χ2v) is 8.77. The molecule has 0 bridgehead atoms. The van der Waals surface area contributed by atoms with Crippen LogP contribution in [0.25, 0.3) is 0 Å². The zero-order chi connectivity index (χ0) is 16.4. The lowest BCUT2D eigenvalue weighted by atomic mass is 10.1. The molecule has 0 fully saturated rings. The van der Waals surface area contributed by atoms with Gasteiger partial charge in [0.1, 0.15) is 0 Å². The predicted octanol–water partition coefficient (Wildman–Crippen LogP) is 3.01. The molecular weight excluding hydrogens is 330 g/mol. The molecule has 3 rings (SSSR count). The maximum absolute atomic E-state index is 12.9. The second-order valence-electron chi connectivity index (χ2n) is 5.55. The summed E-state index contributed by atoms with van der Waals surface area (Å²) in [5, 5.41) is 1.21. The number of carbonyl (C=O) groups excluding carboxylic acids is 1. The number of amides is 1. The number of nitrogens with zero attached hydrogens (tertiary/aromatic N) is 1. The average Bonchev–Trinajstić information content (AvgIpc) is 3.11. The zero-order valence-electron chi connectivity index (χ0n) is 12.7. The largest absolute Gasteiger partial charge is 0.326 e. The Bertz CT molecular complexity index is 838. The van der Waals surface area contributed by atoms with Crippen LogP contribution in [0.1, 0.15) is 20.1 Å². The van der Waals surface area contributed by atoms with Gasteiger partial charge in [-0.15, -0.1) is 11.3 Å². The molecule has 1 aromatic heterocycles. The molecule has 0 radical (unpaired) electrons. The van der Waals surface area contributed by atoms with E-state index in [1.165, 1.54) is 16.7 Å². The maximum Gasteiger partial charge on any atom is 0.264 e. The molecule has 0 spiro atoms. The van der Waals surface area contributed by atoms with E-state index in [1.807, 2.05) is 43.3 Å². The molecule has 1 amide bonds. The van der Waals surface area contributed by atoms with E-state index in [0.717, 1.165) is 10.4 Å². The SMILES string of the molecule is Cc1ccc(C(=O)N(Cc2ccccc2)C2C=CS(=O)(=O)C2)s1. The van der Waals surface area contributed by atoms with Crippen molar-refractivity contribution in [2.45, 2.75) is 19.5 Å². The number of hydrogen-bond acceptors (Lipinski definition) is 4. The van der Waals surface area contributed by atoms with E-state index in [4.69, 9.17) is 0 Å². The fraction of sp³-hybridized carbons (Fsp3) is 0.235. The Morgan fingerprint density at radius 2 is 1.96 bits per heavy atom. The van der Waals surface area contributed by atoms with Gasteiger partial charge in [0, 0.05) is 16.8 Å². The van der Waals surface area contributed by atoms with Gasteiger partial charge in [0.05, 0.1) is 16.7 Å². The standard InChI is InChI=1S/C17H17NO3S2/c1-13-7-8-16(22-13)17(19)18(11-14-5-3-2-4-6-14)15-9-10-23(20,21)12-15/h2-10,15H,11-12H2,1H3. The van der Waals surface area contributed by atoms with Gasteiger partial charge in [-0.2, -0.15) is 0 Å². The van der Waals surface area contributed by atoms with Crippen LogP contribution in [0.4, 0.5) is 0 Å². The van der Waals surface area contributed by atoms with Gasteiger partial charge in [-0.1, -0.05) is 30.3 Å². The van der Waals surface area contributed by atoms with Crippen LogP contribution in [0.15, 0.2) is 53.9 Å². The van der Waals surface area contributed by atoms with Crippen molar-refractivity contribution >= 4 is 27.1 Å². The summed E-state index contributed by atoms with van der Waals surface area (Å²) < 4.78 is 23.5. The number of benzene rings is 1. The number of carbonyl (C=O) groups is 1. The summed E-state index contributed by atoms with van der Waals surface area (Å²) in [5.74, 6) is -0.172. The number of sulfone groups is 1. The highest BCUT2D eigenvalue weighted by Crippen LogP contribution is 2.23. The normalized spacial score (nSPS) is 18.9. The van der Waals surface area contributed by atoms with Crippen molar-refractivity contribution in [3.05, 3.63) is 69.3 Å². The Morgan fingerprint density at radius 3 is 2.52 bits per heavy atom. The minimum atomic E-state index is -3.21. The molecule has 120 valence electrons. The molecule has 0 N–H and O–H groups in total. The van der Waals surface area contributed by atoms with E-state index in [-0.39, 0.29) is 11.7 Å². The third kappa shape index (κ3) is 3.71. The van der Waals surface area contributed by atoms with Crippen LogP contribution >= 0.6 is 11.3 Å². The molecule has 0 saturated carbocycles. The molecule has 1 aliphatic rings. The van der Waals surface area contributed by atoms with E-state index in [2.05, 4.69) is 0 Å². The summed E-state index contributed by atoms with van der Waals surface area (Å²) >= 11 is 1.43. The third-order valence-corrected chi connectivity index (χ3v) is 6.09. The maximum atomic E-state index is 12.9. The number of hydrogen-bond donors (Lipinski definition) is 0. The lowest BCUT2D eigenvalue weighted by Gasteiger charge is -2.27. The molecule has 1 aromatic carbocycles. The number of aryl methyl sites for hydroxylation is 1. The van der Waals surface area contributed by atoms with Gasteiger partial charge in [-0.25, -0.2) is 8.42 Å². The summed E-state index contributed by atoms with van der Waals surface area (Å²) in [6.07, 6.45) is 1.61. The summed E-state index contributed by atoms with van der Waals surface area (Å²) in [5.41, 5.74) is 0.979. The summed E-state index contributed by atoms with van der Waals surface area (Å²) in [7, 11) is -3.21. The Kier molecular flexibility index (Phi) is 4.37. The molecule has 0 aliphatic carbocycles. The summed E-state index contributed by atoms with van der Waals surface area (Å²) in [4.78, 5) is 16.2. The third-order valence-electron chi connectivity index (χ3n) is 3.72. The van der Waals surface area contributed by atoms with Gasteiger partial charge in [-0.3, -0.25) is 4.79 Å². The first-order valence-electron chi connectivity index (χ1n) is 7.27. The molecule has 23 heavy (non-hydrogen) atoms. The van der Waals surface area contributed by atoms with Crippen LogP contribution in [0, 0.1) is 6.92 Å². The fourth-order valence-corrected chi connectivity index (χ4v) is 4.69. The van der Waals surface area contributed by atoms with Crippen LogP contribution in [-0.2, 0) is 16.4 Å². The molecule has 2 aromatic rings. The highest BCUT2D eigenvalue weighted by atomic mass is 32.2. The molecule has 6 heteroatoms. The summed E-state index contributed by atoms with van der Waals surface area (Å²) in [6, 6.07) is 12.9. The van der Waals surface area contributed by atoms with Crippen molar-refractivity contribution in [3.63, 3.8) is 0 Å². The average molecular weight is 347 g/mol. The highest BCUT2D eigenvalue weighted by molar-refractivity contribution is 7.94. The van der Waals surface area contributed by atoms with E-state index in [1.54, 1.807) is 17.0 Å². The van der Waals surface area contributed by atoms with Crippen molar-refractivity contribution < 1.29 is 13.2 Å².